The van der Waals surface area contributed by atoms with E-state index in [0.29, 0.717) is 46.0 Å². The topological polar surface area (TPSA) is 91.9 Å². The van der Waals surface area contributed by atoms with Crippen LogP contribution in [0.2, 0.25) is 0 Å². The number of ether oxygens (including phenoxy) is 1. The summed E-state index contributed by atoms with van der Waals surface area (Å²) in [5.74, 6) is 0.511. The summed E-state index contributed by atoms with van der Waals surface area (Å²) < 4.78 is 12.3. The molecule has 0 fully saturated rings. The fourth-order valence-corrected chi connectivity index (χ4v) is 4.95. The molecule has 0 unspecified atom stereocenters. The number of hydrogen-bond acceptors (Lipinski definition) is 5. The van der Waals surface area contributed by atoms with Crippen LogP contribution in [-0.2, 0) is 0 Å². The van der Waals surface area contributed by atoms with E-state index >= 15 is 0 Å². The molecule has 6 rings (SSSR count). The van der Waals surface area contributed by atoms with Gasteiger partial charge in [0.05, 0.1) is 29.1 Å². The highest BCUT2D eigenvalue weighted by Gasteiger charge is 2.21. The fraction of sp³-hybridized carbons (Fsp3) is 0.0645. The Balaban J connectivity index is 1.66. The van der Waals surface area contributed by atoms with Crippen molar-refractivity contribution < 1.29 is 9.15 Å². The van der Waals surface area contributed by atoms with Gasteiger partial charge in [-0.15, -0.1) is 0 Å². The number of aromatic nitrogens is 2. The third kappa shape index (κ3) is 4.05. The van der Waals surface area contributed by atoms with Crippen molar-refractivity contribution >= 4 is 37.8 Å². The van der Waals surface area contributed by atoms with E-state index in [4.69, 9.17) is 14.1 Å². The molecule has 0 spiro atoms. The molecule has 0 aliphatic carbocycles. The Kier molecular flexibility index (Phi) is 6.02. The van der Waals surface area contributed by atoms with Crippen LogP contribution in [0.1, 0.15) is 12.5 Å². The van der Waals surface area contributed by atoms with E-state index in [9.17, 15) is 10.1 Å². The van der Waals surface area contributed by atoms with Gasteiger partial charge < -0.3 is 14.1 Å². The summed E-state index contributed by atoms with van der Waals surface area (Å²) in [6.45, 7) is 2.33. The Morgan fingerprint density at radius 1 is 1.00 bits per heavy atom. The number of aromatic amines is 1. The summed E-state index contributed by atoms with van der Waals surface area (Å²) in [4.78, 5) is 21.5. The molecule has 7 heteroatoms. The van der Waals surface area contributed by atoms with Gasteiger partial charge in [0.25, 0.3) is 0 Å². The van der Waals surface area contributed by atoms with Crippen LogP contribution in [-0.4, -0.2) is 16.6 Å². The molecule has 0 aliphatic rings. The molecule has 3 aromatic heterocycles. The maximum atomic E-state index is 13.3. The largest absolute Gasteiger partial charge is 0.490 e. The molecule has 0 radical (unpaired) electrons. The van der Waals surface area contributed by atoms with Crippen molar-refractivity contribution in [3.63, 3.8) is 0 Å². The van der Waals surface area contributed by atoms with Gasteiger partial charge in [-0.05, 0) is 48.9 Å². The molecule has 1 N–H and O–H groups in total. The molecule has 6 nitrogen and oxygen atoms in total. The number of pyridine rings is 1. The lowest BCUT2D eigenvalue weighted by atomic mass is 9.94. The molecule has 184 valence electrons. The zero-order valence-corrected chi connectivity index (χ0v) is 21.9. The first kappa shape index (κ1) is 23.7. The average Bonchev–Trinajstić information content (AvgIpc) is 3.37. The van der Waals surface area contributed by atoms with Crippen LogP contribution in [0.25, 0.3) is 55.5 Å². The Morgan fingerprint density at radius 2 is 1.82 bits per heavy atom. The maximum absolute atomic E-state index is 13.3. The highest BCUT2D eigenvalue weighted by Crippen LogP contribution is 2.38. The van der Waals surface area contributed by atoms with Crippen LogP contribution in [0.15, 0.2) is 98.7 Å². The van der Waals surface area contributed by atoms with Crippen molar-refractivity contribution in [1.29, 1.82) is 5.26 Å². The van der Waals surface area contributed by atoms with Crippen LogP contribution in [0, 0.1) is 11.3 Å². The zero-order chi connectivity index (χ0) is 26.2. The van der Waals surface area contributed by atoms with Gasteiger partial charge in [-0.3, -0.25) is 0 Å². The Bertz CT molecular complexity index is 1930. The lowest BCUT2D eigenvalue weighted by Gasteiger charge is -2.13. The molecule has 38 heavy (non-hydrogen) atoms. The first-order valence-electron chi connectivity index (χ1n) is 12.0. The van der Waals surface area contributed by atoms with Crippen molar-refractivity contribution in [3.05, 3.63) is 106 Å². The minimum absolute atomic E-state index is 0.301. The first-order chi connectivity index (χ1) is 18.6. The number of benzene rings is 3. The predicted molar refractivity (Wildman–Crippen MR) is 152 cm³/mol. The van der Waals surface area contributed by atoms with E-state index in [-0.39, 0.29) is 0 Å². The van der Waals surface area contributed by atoms with Gasteiger partial charge in [-0.25, -0.2) is 9.78 Å². The molecule has 0 bridgehead atoms. The van der Waals surface area contributed by atoms with Crippen LogP contribution in [0.4, 0.5) is 0 Å². The predicted octanol–water partition coefficient (Wildman–Crippen LogP) is 7.70. The second-order valence-corrected chi connectivity index (χ2v) is 9.62. The number of nitrogens with zero attached hydrogens (tertiary/aromatic N) is 2. The van der Waals surface area contributed by atoms with Crippen molar-refractivity contribution in [2.24, 2.45) is 0 Å². The molecule has 0 aliphatic heterocycles. The van der Waals surface area contributed by atoms with Crippen LogP contribution in [0.3, 0.4) is 0 Å². The average molecular weight is 562 g/mol. The van der Waals surface area contributed by atoms with E-state index < -0.39 is 5.63 Å². The molecule has 3 heterocycles. The minimum atomic E-state index is -0.534. The van der Waals surface area contributed by atoms with Gasteiger partial charge in [-0.1, -0.05) is 58.4 Å². The highest BCUT2D eigenvalue weighted by atomic mass is 79.9. The number of rotatable bonds is 5. The number of para-hydroxylation sites is 2. The first-order valence-corrected chi connectivity index (χ1v) is 12.8. The van der Waals surface area contributed by atoms with Gasteiger partial charge in [-0.2, -0.15) is 5.26 Å². The van der Waals surface area contributed by atoms with E-state index in [0.717, 1.165) is 31.9 Å². The molecule has 3 aromatic carbocycles. The van der Waals surface area contributed by atoms with Crippen LogP contribution < -0.4 is 10.4 Å². The summed E-state index contributed by atoms with van der Waals surface area (Å²) in [5.41, 5.74) is 4.70. The molecular weight excluding hydrogens is 542 g/mol. The third-order valence-corrected chi connectivity index (χ3v) is 6.96. The number of halogens is 1. The van der Waals surface area contributed by atoms with Gasteiger partial charge in [0.1, 0.15) is 6.07 Å². The summed E-state index contributed by atoms with van der Waals surface area (Å²) in [6.07, 6.45) is 1.85. The lowest BCUT2D eigenvalue weighted by molar-refractivity contribution is 0.337. The van der Waals surface area contributed by atoms with Crippen molar-refractivity contribution in [1.82, 2.24) is 9.97 Å². The van der Waals surface area contributed by atoms with Crippen LogP contribution in [0.5, 0.6) is 5.75 Å². The summed E-state index contributed by atoms with van der Waals surface area (Å²) in [7, 11) is 0. The fourth-order valence-electron chi connectivity index (χ4n) is 4.68. The van der Waals surface area contributed by atoms with Gasteiger partial charge in [0.2, 0.25) is 0 Å². The smallest absolute Gasteiger partial charge is 0.345 e. The van der Waals surface area contributed by atoms with Gasteiger partial charge >= 0.3 is 5.63 Å². The Hall–Kier alpha value is -4.67. The number of hydrogen-bond donors (Lipinski definition) is 1. The minimum Gasteiger partial charge on any atom is -0.490 e. The number of H-pyrrole nitrogens is 1. The number of nitriles is 1. The molecule has 6 aromatic rings. The monoisotopic (exact) mass is 561 g/mol. The second kappa shape index (κ2) is 9.66. The highest BCUT2D eigenvalue weighted by molar-refractivity contribution is 9.10. The van der Waals surface area contributed by atoms with Crippen molar-refractivity contribution in [2.45, 2.75) is 6.92 Å². The summed E-state index contributed by atoms with van der Waals surface area (Å²) in [5, 5.41) is 12.0. The van der Waals surface area contributed by atoms with E-state index in [1.54, 1.807) is 18.2 Å². The van der Waals surface area contributed by atoms with E-state index in [2.05, 4.69) is 27.0 Å². The van der Waals surface area contributed by atoms with E-state index in [1.807, 2.05) is 73.8 Å². The molecule has 0 amide bonds. The number of fused-ring (bicyclic) bond motifs is 2. The SMILES string of the molecule is CCOc1cccc2cc(-c3cc(-c4ccc(Br)cc4)c(C#N)c(-c4c[nH]c5ccccc45)n3)c(=O)oc12. The molecule has 0 saturated heterocycles. The molecule has 0 atom stereocenters. The summed E-state index contributed by atoms with van der Waals surface area (Å²) >= 11 is 3.48. The molecule has 0 saturated carbocycles. The van der Waals surface area contributed by atoms with E-state index in [1.165, 1.54) is 0 Å². The maximum Gasteiger partial charge on any atom is 0.345 e. The quantitative estimate of drug-likeness (QED) is 0.218. The van der Waals surface area contributed by atoms with Crippen molar-refractivity contribution in [2.75, 3.05) is 6.61 Å². The van der Waals surface area contributed by atoms with Gasteiger partial charge in [0, 0.05) is 38.1 Å². The van der Waals surface area contributed by atoms with Gasteiger partial charge in [0.15, 0.2) is 11.3 Å². The second-order valence-electron chi connectivity index (χ2n) is 8.70. The molecular formula is C31H20BrN3O3. The summed E-state index contributed by atoms with van der Waals surface area (Å²) in [6, 6.07) is 27.0. The third-order valence-electron chi connectivity index (χ3n) is 6.43. The van der Waals surface area contributed by atoms with Crippen LogP contribution >= 0.6 is 15.9 Å². The zero-order valence-electron chi connectivity index (χ0n) is 20.3. The standard InChI is InChI=1S/C31H20BrN3O3/c1-2-37-28-9-5-6-19-14-23(31(36)38-30(19)28)27-15-22(18-10-12-20(32)13-11-18)24(16-33)29(35-27)25-17-34-26-8-4-3-7-21(25)26/h3-15,17,34H,2H2,1H3. The Morgan fingerprint density at radius 3 is 2.61 bits per heavy atom. The lowest BCUT2D eigenvalue weighted by Crippen LogP contribution is -2.06. The van der Waals surface area contributed by atoms with Crippen molar-refractivity contribution in [3.8, 4) is 45.5 Å². The Labute approximate surface area is 226 Å². The normalized spacial score (nSPS) is 11.1. The number of nitrogens with one attached hydrogen (secondary N) is 1.